The Balaban J connectivity index is 1.68. The summed E-state index contributed by atoms with van der Waals surface area (Å²) in [6, 6.07) is 12.9. The molecule has 0 aliphatic carbocycles. The van der Waals surface area contributed by atoms with Gasteiger partial charge in [0.15, 0.2) is 6.61 Å². The summed E-state index contributed by atoms with van der Waals surface area (Å²) in [7, 11) is 1.54. The third-order valence-corrected chi connectivity index (χ3v) is 3.97. The number of carbonyl (C=O) groups is 4. The standard InChI is InChI=1S/C22H24N2O7/c1-3-30-22(28)15-4-6-16(7-5-15)23-19(25)12-13-21(27)31-14-20(26)24-17-8-10-18(29-2)11-9-17/h4-11H,3,12-14H2,1-2H3,(H,23,25)(H,24,26). The normalized spacial score (nSPS) is 10.0. The lowest BCUT2D eigenvalue weighted by Gasteiger charge is -2.08. The summed E-state index contributed by atoms with van der Waals surface area (Å²) in [5.74, 6) is -1.36. The van der Waals surface area contributed by atoms with Crippen molar-refractivity contribution >= 4 is 35.1 Å². The lowest BCUT2D eigenvalue weighted by molar-refractivity contribution is -0.147. The first kappa shape index (κ1) is 23.4. The van der Waals surface area contributed by atoms with Crippen molar-refractivity contribution in [3.05, 3.63) is 54.1 Å². The Kier molecular flexibility index (Phi) is 9.03. The van der Waals surface area contributed by atoms with Crippen molar-refractivity contribution in [2.24, 2.45) is 0 Å². The summed E-state index contributed by atoms with van der Waals surface area (Å²) in [4.78, 5) is 47.2. The Morgan fingerprint density at radius 1 is 0.774 bits per heavy atom. The molecule has 0 unspecified atom stereocenters. The average molecular weight is 428 g/mol. The van der Waals surface area contributed by atoms with Crippen molar-refractivity contribution in [1.29, 1.82) is 0 Å². The van der Waals surface area contributed by atoms with Gasteiger partial charge in [-0.05, 0) is 55.5 Å². The van der Waals surface area contributed by atoms with Crippen LogP contribution in [-0.2, 0) is 23.9 Å². The zero-order valence-corrected chi connectivity index (χ0v) is 17.3. The first-order chi connectivity index (χ1) is 14.9. The van der Waals surface area contributed by atoms with E-state index in [9.17, 15) is 19.2 Å². The first-order valence-electron chi connectivity index (χ1n) is 9.57. The van der Waals surface area contributed by atoms with Crippen LogP contribution in [-0.4, -0.2) is 44.1 Å². The highest BCUT2D eigenvalue weighted by molar-refractivity contribution is 5.95. The summed E-state index contributed by atoms with van der Waals surface area (Å²) in [5.41, 5.74) is 1.39. The number of hydrogen-bond donors (Lipinski definition) is 2. The van der Waals surface area contributed by atoms with Gasteiger partial charge in [0.05, 0.1) is 25.7 Å². The Morgan fingerprint density at radius 2 is 1.35 bits per heavy atom. The predicted octanol–water partition coefficient (Wildman–Crippen LogP) is 2.77. The third kappa shape index (κ3) is 8.17. The third-order valence-electron chi connectivity index (χ3n) is 3.97. The molecule has 2 aromatic carbocycles. The minimum absolute atomic E-state index is 0.113. The van der Waals surface area contributed by atoms with Gasteiger partial charge >= 0.3 is 11.9 Å². The van der Waals surface area contributed by atoms with E-state index in [1.807, 2.05) is 0 Å². The van der Waals surface area contributed by atoms with Crippen LogP contribution >= 0.6 is 0 Å². The van der Waals surface area contributed by atoms with E-state index >= 15 is 0 Å². The molecule has 0 bridgehead atoms. The minimum Gasteiger partial charge on any atom is -0.497 e. The number of ether oxygens (including phenoxy) is 3. The number of anilines is 2. The maximum Gasteiger partial charge on any atom is 0.338 e. The maximum absolute atomic E-state index is 12.0. The largest absolute Gasteiger partial charge is 0.497 e. The summed E-state index contributed by atoms with van der Waals surface area (Å²) in [6.45, 7) is 1.53. The number of nitrogens with one attached hydrogen (secondary N) is 2. The second kappa shape index (κ2) is 12.0. The van der Waals surface area contributed by atoms with Crippen LogP contribution in [0.4, 0.5) is 11.4 Å². The average Bonchev–Trinajstić information content (AvgIpc) is 2.77. The van der Waals surface area contributed by atoms with E-state index in [-0.39, 0.29) is 19.4 Å². The van der Waals surface area contributed by atoms with Gasteiger partial charge in [0.2, 0.25) is 5.91 Å². The number of rotatable bonds is 10. The maximum atomic E-state index is 12.0. The van der Waals surface area contributed by atoms with Gasteiger partial charge in [0, 0.05) is 17.8 Å². The quantitative estimate of drug-likeness (QED) is 0.558. The van der Waals surface area contributed by atoms with Crippen LogP contribution in [0.5, 0.6) is 5.75 Å². The van der Waals surface area contributed by atoms with E-state index in [1.54, 1.807) is 43.3 Å². The van der Waals surface area contributed by atoms with Gasteiger partial charge < -0.3 is 24.8 Å². The number of benzene rings is 2. The molecule has 0 fully saturated rings. The lowest BCUT2D eigenvalue weighted by Crippen LogP contribution is -2.21. The molecular formula is C22H24N2O7. The van der Waals surface area contributed by atoms with Crippen LogP contribution in [0, 0.1) is 0 Å². The Labute approximate surface area is 179 Å². The predicted molar refractivity (Wildman–Crippen MR) is 113 cm³/mol. The molecule has 2 rings (SSSR count). The van der Waals surface area contributed by atoms with Crippen molar-refractivity contribution < 1.29 is 33.4 Å². The second-order valence-electron chi connectivity index (χ2n) is 6.28. The molecule has 0 aromatic heterocycles. The van der Waals surface area contributed by atoms with Gasteiger partial charge in [0.25, 0.3) is 5.91 Å². The van der Waals surface area contributed by atoms with Crippen molar-refractivity contribution in [3.63, 3.8) is 0 Å². The molecule has 9 nitrogen and oxygen atoms in total. The highest BCUT2D eigenvalue weighted by atomic mass is 16.5. The lowest BCUT2D eigenvalue weighted by atomic mass is 10.2. The van der Waals surface area contributed by atoms with E-state index in [0.717, 1.165) is 0 Å². The molecule has 0 saturated carbocycles. The molecule has 2 aromatic rings. The van der Waals surface area contributed by atoms with Gasteiger partial charge in [-0.15, -0.1) is 0 Å². The molecule has 2 amide bonds. The fraction of sp³-hybridized carbons (Fsp3) is 0.273. The summed E-state index contributed by atoms with van der Waals surface area (Å²) >= 11 is 0. The fourth-order valence-corrected chi connectivity index (χ4v) is 2.43. The van der Waals surface area contributed by atoms with Crippen molar-refractivity contribution in [2.75, 3.05) is 31.0 Å². The Bertz CT molecular complexity index is 908. The molecule has 0 atom stereocenters. The monoisotopic (exact) mass is 428 g/mol. The van der Waals surface area contributed by atoms with Gasteiger partial charge in [-0.3, -0.25) is 14.4 Å². The second-order valence-corrected chi connectivity index (χ2v) is 6.28. The van der Waals surface area contributed by atoms with E-state index in [1.165, 1.54) is 19.2 Å². The van der Waals surface area contributed by atoms with E-state index in [2.05, 4.69) is 10.6 Å². The number of esters is 2. The van der Waals surface area contributed by atoms with Crippen LogP contribution in [0.3, 0.4) is 0 Å². The molecule has 0 heterocycles. The molecule has 2 N–H and O–H groups in total. The Morgan fingerprint density at radius 3 is 1.94 bits per heavy atom. The SMILES string of the molecule is CCOC(=O)c1ccc(NC(=O)CCC(=O)OCC(=O)Nc2ccc(OC)cc2)cc1. The Hall–Kier alpha value is -3.88. The van der Waals surface area contributed by atoms with Crippen molar-refractivity contribution in [3.8, 4) is 5.75 Å². The smallest absolute Gasteiger partial charge is 0.338 e. The molecule has 9 heteroatoms. The summed E-state index contributed by atoms with van der Waals surface area (Å²) < 4.78 is 14.8. The number of methoxy groups -OCH3 is 1. The molecule has 0 aliphatic rings. The number of amides is 2. The van der Waals surface area contributed by atoms with Crippen LogP contribution in [0.1, 0.15) is 30.1 Å². The van der Waals surface area contributed by atoms with Gasteiger partial charge in [0.1, 0.15) is 5.75 Å². The minimum atomic E-state index is -0.669. The van der Waals surface area contributed by atoms with Crippen LogP contribution in [0.2, 0.25) is 0 Å². The summed E-state index contributed by atoms with van der Waals surface area (Å²) in [5, 5.41) is 5.20. The van der Waals surface area contributed by atoms with E-state index in [4.69, 9.17) is 14.2 Å². The van der Waals surface area contributed by atoms with E-state index < -0.39 is 30.4 Å². The molecule has 0 aliphatic heterocycles. The topological polar surface area (TPSA) is 120 Å². The fourth-order valence-electron chi connectivity index (χ4n) is 2.43. The van der Waals surface area contributed by atoms with Crippen molar-refractivity contribution in [1.82, 2.24) is 0 Å². The zero-order valence-electron chi connectivity index (χ0n) is 17.3. The molecule has 0 radical (unpaired) electrons. The van der Waals surface area contributed by atoms with Crippen LogP contribution < -0.4 is 15.4 Å². The van der Waals surface area contributed by atoms with Gasteiger partial charge in [-0.25, -0.2) is 4.79 Å². The molecule has 0 spiro atoms. The van der Waals surface area contributed by atoms with Gasteiger partial charge in [-0.2, -0.15) is 0 Å². The molecule has 0 saturated heterocycles. The first-order valence-corrected chi connectivity index (χ1v) is 9.57. The zero-order chi connectivity index (χ0) is 22.6. The van der Waals surface area contributed by atoms with Crippen LogP contribution in [0.15, 0.2) is 48.5 Å². The highest BCUT2D eigenvalue weighted by Crippen LogP contribution is 2.15. The van der Waals surface area contributed by atoms with E-state index in [0.29, 0.717) is 22.7 Å². The molecule has 164 valence electrons. The molecule has 31 heavy (non-hydrogen) atoms. The van der Waals surface area contributed by atoms with Crippen molar-refractivity contribution in [2.45, 2.75) is 19.8 Å². The highest BCUT2D eigenvalue weighted by Gasteiger charge is 2.12. The molecular weight excluding hydrogens is 404 g/mol. The van der Waals surface area contributed by atoms with Gasteiger partial charge in [-0.1, -0.05) is 0 Å². The van der Waals surface area contributed by atoms with Crippen LogP contribution in [0.25, 0.3) is 0 Å². The number of hydrogen-bond acceptors (Lipinski definition) is 7. The number of carbonyl (C=O) groups excluding carboxylic acids is 4. The summed E-state index contributed by atoms with van der Waals surface area (Å²) in [6.07, 6.45) is -0.291.